The van der Waals surface area contributed by atoms with Gasteiger partial charge in [-0.05, 0) is 81.2 Å². The molecule has 1 aromatic heterocycles. The minimum Gasteiger partial charge on any atom is -0.458 e. The second-order valence-corrected chi connectivity index (χ2v) is 20.2. The summed E-state index contributed by atoms with van der Waals surface area (Å²) < 4.78 is 51.3. The van der Waals surface area contributed by atoms with Gasteiger partial charge in [-0.15, -0.1) is 0 Å². The average molecular weight is 636 g/mol. The summed E-state index contributed by atoms with van der Waals surface area (Å²) in [4.78, 5) is 35.6. The molecule has 0 aliphatic rings. The van der Waals surface area contributed by atoms with Crippen LogP contribution in [0.2, 0.25) is 18.1 Å². The molecule has 0 amide bonds. The third kappa shape index (κ3) is 10.0. The molecule has 1 heterocycles. The summed E-state index contributed by atoms with van der Waals surface area (Å²) >= 11 is 0. The van der Waals surface area contributed by atoms with Crippen LogP contribution >= 0.6 is 0 Å². The normalized spacial score (nSPS) is 13.8. The number of carbonyl (C=O) groups is 2. The Bertz CT molecular complexity index is 1460. The molecule has 0 unspecified atom stereocenters. The predicted octanol–water partition coefficient (Wildman–Crippen LogP) is 6.51. The summed E-state index contributed by atoms with van der Waals surface area (Å²) in [6.45, 7) is 19.2. The van der Waals surface area contributed by atoms with Crippen LogP contribution in [0.3, 0.4) is 0 Å². The number of hydrogen-bond acceptors (Lipinski definition) is 8. The second-order valence-electron chi connectivity index (χ2n) is 13.5. The Hall–Kier alpha value is -2.96. The van der Waals surface area contributed by atoms with Crippen LogP contribution in [-0.2, 0) is 28.8 Å². The fraction of sp³-hybridized carbons (Fsp3) is 0.548. The number of esters is 1. The van der Waals surface area contributed by atoms with Crippen molar-refractivity contribution in [3.63, 3.8) is 0 Å². The Morgan fingerprint density at radius 3 is 2.07 bits per heavy atom. The van der Waals surface area contributed by atoms with Gasteiger partial charge in [0, 0.05) is 24.6 Å². The van der Waals surface area contributed by atoms with E-state index in [4.69, 9.17) is 9.16 Å². The first kappa shape index (κ1) is 36.2. The van der Waals surface area contributed by atoms with Gasteiger partial charge in [-0.25, -0.2) is 31.9 Å². The molecule has 0 spiro atoms. The van der Waals surface area contributed by atoms with E-state index in [-0.39, 0.29) is 29.1 Å². The van der Waals surface area contributed by atoms with Gasteiger partial charge in [0.15, 0.2) is 20.2 Å². The zero-order valence-corrected chi connectivity index (χ0v) is 29.2. The van der Waals surface area contributed by atoms with Crippen molar-refractivity contribution in [2.24, 2.45) is 0 Å². The summed E-state index contributed by atoms with van der Waals surface area (Å²) in [6, 6.07) is 5.59. The molecule has 0 saturated heterocycles. The van der Waals surface area contributed by atoms with Gasteiger partial charge >= 0.3 is 5.97 Å². The quantitative estimate of drug-likeness (QED) is 0.156. The lowest BCUT2D eigenvalue weighted by atomic mass is 9.97. The van der Waals surface area contributed by atoms with Crippen molar-refractivity contribution in [1.82, 2.24) is 9.97 Å². The highest BCUT2D eigenvalue weighted by Gasteiger charge is 2.42. The van der Waals surface area contributed by atoms with E-state index in [1.807, 2.05) is 47.7 Å². The van der Waals surface area contributed by atoms with E-state index in [1.54, 1.807) is 26.8 Å². The molecular weight excluding hydrogens is 590 g/mol. The number of rotatable bonds is 11. The molecule has 0 radical (unpaired) electrons. The molecule has 1 aromatic carbocycles. The van der Waals surface area contributed by atoms with Crippen LogP contribution in [0.5, 0.6) is 0 Å². The molecule has 0 saturated carbocycles. The number of benzene rings is 1. The number of hydrogen-bond donors (Lipinski definition) is 0. The van der Waals surface area contributed by atoms with E-state index < -0.39 is 41.8 Å². The highest BCUT2D eigenvalue weighted by atomic mass is 32.2. The Kier molecular flexibility index (Phi) is 11.3. The monoisotopic (exact) mass is 635 g/mol. The maximum absolute atomic E-state index is 13.8. The van der Waals surface area contributed by atoms with E-state index in [2.05, 4.69) is 9.97 Å². The number of sulfonamides is 1. The fourth-order valence-corrected chi connectivity index (χ4v) is 5.32. The predicted molar refractivity (Wildman–Crippen MR) is 171 cm³/mol. The van der Waals surface area contributed by atoms with Gasteiger partial charge < -0.3 is 9.16 Å². The van der Waals surface area contributed by atoms with Gasteiger partial charge in [0.05, 0.1) is 17.6 Å². The van der Waals surface area contributed by atoms with Crippen LogP contribution < -0.4 is 4.31 Å². The highest BCUT2D eigenvalue weighted by Crippen LogP contribution is 2.38. The molecule has 1 atom stereocenters. The van der Waals surface area contributed by atoms with Crippen LogP contribution in [0.4, 0.5) is 10.3 Å². The lowest BCUT2D eigenvalue weighted by Gasteiger charge is -2.38. The number of halogens is 1. The van der Waals surface area contributed by atoms with Gasteiger partial charge in [0.25, 0.3) is 0 Å². The maximum atomic E-state index is 13.8. The Morgan fingerprint density at radius 1 is 1.05 bits per heavy atom. The van der Waals surface area contributed by atoms with E-state index in [9.17, 15) is 22.4 Å². The van der Waals surface area contributed by atoms with E-state index >= 15 is 0 Å². The zero-order valence-electron chi connectivity index (χ0n) is 27.4. The van der Waals surface area contributed by atoms with Crippen molar-refractivity contribution in [3.8, 4) is 11.3 Å². The molecular formula is C31H46FN3O6SSi. The van der Waals surface area contributed by atoms with Crippen LogP contribution in [0, 0.1) is 5.82 Å². The van der Waals surface area contributed by atoms with Crippen LogP contribution in [0.15, 0.2) is 30.3 Å². The Balaban J connectivity index is 2.62. The van der Waals surface area contributed by atoms with E-state index in [0.29, 0.717) is 22.5 Å². The summed E-state index contributed by atoms with van der Waals surface area (Å²) in [5, 5.41) is -0.208. The zero-order chi connectivity index (χ0) is 33.1. The SMILES string of the molecule is CC(C)c1nc(N(C)S(C)(=O)=O)nc(-c2ccc(F)cc2)c1/C=C/C(=O)C[C@@H](O[Si](C)(C)C(C)(C)C)C(=O)OC(C)(C)C. The van der Waals surface area contributed by atoms with Crippen LogP contribution in [0.1, 0.15) is 79.0 Å². The third-order valence-electron chi connectivity index (χ3n) is 7.14. The van der Waals surface area contributed by atoms with E-state index in [1.165, 1.54) is 37.4 Å². The average Bonchev–Trinajstić information content (AvgIpc) is 2.84. The van der Waals surface area contributed by atoms with Gasteiger partial charge in [-0.3, -0.25) is 4.79 Å². The molecule has 0 fully saturated rings. The topological polar surface area (TPSA) is 116 Å². The summed E-state index contributed by atoms with van der Waals surface area (Å²) in [6.07, 6.45) is 2.60. The first-order valence-corrected chi connectivity index (χ1v) is 18.9. The molecule has 238 valence electrons. The molecule has 2 rings (SSSR count). The molecule has 2 aromatic rings. The van der Waals surface area contributed by atoms with Crippen LogP contribution in [-0.4, -0.2) is 63.5 Å². The van der Waals surface area contributed by atoms with Gasteiger partial charge in [-0.2, -0.15) is 0 Å². The van der Waals surface area contributed by atoms with Gasteiger partial charge in [-0.1, -0.05) is 34.6 Å². The number of aromatic nitrogens is 2. The lowest BCUT2D eigenvalue weighted by Crippen LogP contribution is -2.47. The molecule has 43 heavy (non-hydrogen) atoms. The van der Waals surface area contributed by atoms with E-state index in [0.717, 1.165) is 10.6 Å². The number of anilines is 1. The lowest BCUT2D eigenvalue weighted by molar-refractivity contribution is -0.165. The molecule has 12 heteroatoms. The van der Waals surface area contributed by atoms with Crippen molar-refractivity contribution in [2.75, 3.05) is 17.6 Å². The van der Waals surface area contributed by atoms with Crippen molar-refractivity contribution in [1.29, 1.82) is 0 Å². The largest absolute Gasteiger partial charge is 0.458 e. The number of ketones is 1. The molecule has 0 aliphatic carbocycles. The molecule has 0 N–H and O–H groups in total. The van der Waals surface area contributed by atoms with Gasteiger partial charge in [0.1, 0.15) is 11.4 Å². The van der Waals surface area contributed by atoms with Crippen molar-refractivity contribution < 1.29 is 31.6 Å². The first-order valence-electron chi connectivity index (χ1n) is 14.2. The minimum atomic E-state index is -3.68. The standard InChI is InChI=1S/C31H46FN3O6SSi/c1-20(2)26-24(27(21-13-15-22(32)16-14-21)34-29(33-26)35(9)42(10,38)39)18-17-23(36)19-25(28(37)40-30(3,4)5)41-43(11,12)31(6,7)8/h13-18,20,25H,19H2,1-12H3/b18-17+/t25-/m1/s1. The minimum absolute atomic E-state index is 0.0539. The van der Waals surface area contributed by atoms with Crippen LogP contribution in [0.25, 0.3) is 17.3 Å². The second kappa shape index (κ2) is 13.4. The number of nitrogens with zero attached hydrogens (tertiary/aromatic N) is 3. The first-order chi connectivity index (χ1) is 19.4. The number of carbonyl (C=O) groups excluding carboxylic acids is 2. The Morgan fingerprint density at radius 2 is 1.60 bits per heavy atom. The smallest absolute Gasteiger partial charge is 0.335 e. The molecule has 0 aliphatic heterocycles. The highest BCUT2D eigenvalue weighted by molar-refractivity contribution is 7.92. The van der Waals surface area contributed by atoms with Crippen molar-refractivity contribution >= 4 is 42.1 Å². The Labute approximate surface area is 257 Å². The van der Waals surface area contributed by atoms with Gasteiger partial charge in [0.2, 0.25) is 16.0 Å². The summed E-state index contributed by atoms with van der Waals surface area (Å²) in [7, 11) is -4.79. The number of ether oxygens (including phenoxy) is 1. The molecule has 0 bridgehead atoms. The van der Waals surface area contributed by atoms with Crippen molar-refractivity contribution in [3.05, 3.63) is 47.4 Å². The summed E-state index contributed by atoms with van der Waals surface area (Å²) in [5.74, 6) is -1.68. The summed E-state index contributed by atoms with van der Waals surface area (Å²) in [5.41, 5.74) is 1.03. The molecule has 9 nitrogen and oxygen atoms in total. The number of allylic oxidation sites excluding steroid dienone is 1. The maximum Gasteiger partial charge on any atom is 0.335 e. The third-order valence-corrected chi connectivity index (χ3v) is 12.8. The fourth-order valence-electron chi connectivity index (χ4n) is 3.70. The van der Waals surface area contributed by atoms with Crippen molar-refractivity contribution in [2.45, 2.75) is 97.6 Å².